The Hall–Kier alpha value is -2.34. The molecule has 3 heteroatoms. The summed E-state index contributed by atoms with van der Waals surface area (Å²) in [7, 11) is 0. The van der Waals surface area contributed by atoms with Gasteiger partial charge in [0.25, 0.3) is 0 Å². The van der Waals surface area contributed by atoms with E-state index in [2.05, 4.69) is 26.0 Å². The lowest BCUT2D eigenvalue weighted by atomic mass is 10.0. The van der Waals surface area contributed by atoms with Gasteiger partial charge in [-0.2, -0.15) is 5.26 Å². The molecule has 0 unspecified atom stereocenters. The molecule has 0 fully saturated rings. The molecule has 0 N–H and O–H groups in total. The smallest absolute Gasteiger partial charge is 0.124 e. The maximum atomic E-state index is 13.4. The Morgan fingerprint density at radius 1 is 1.19 bits per heavy atom. The van der Waals surface area contributed by atoms with E-state index in [0.29, 0.717) is 17.0 Å². The molecule has 0 aliphatic heterocycles. The van der Waals surface area contributed by atoms with E-state index in [1.165, 1.54) is 12.1 Å². The number of hydrogen-bond donors (Lipinski definition) is 0. The second-order valence-corrected chi connectivity index (χ2v) is 5.44. The van der Waals surface area contributed by atoms with Crippen molar-refractivity contribution in [2.24, 2.45) is 0 Å². The minimum atomic E-state index is -0.416. The van der Waals surface area contributed by atoms with Crippen LogP contribution in [-0.4, -0.2) is 0 Å². The highest BCUT2D eigenvalue weighted by atomic mass is 19.1. The van der Waals surface area contributed by atoms with Crippen molar-refractivity contribution in [3.8, 4) is 11.8 Å². The standard InChI is InChI=1S/C18H18FNO/c1-12(2)17-5-4-13(3)6-18(17)21-11-15-7-14(10-20)8-16(19)9-15/h4-9,12H,11H2,1-3H3. The molecule has 2 aromatic rings. The third kappa shape index (κ3) is 3.82. The van der Waals surface area contributed by atoms with Gasteiger partial charge < -0.3 is 4.74 Å². The van der Waals surface area contributed by atoms with Crippen LogP contribution in [0.25, 0.3) is 0 Å². The number of benzene rings is 2. The Morgan fingerprint density at radius 2 is 1.95 bits per heavy atom. The maximum absolute atomic E-state index is 13.4. The highest BCUT2D eigenvalue weighted by Gasteiger charge is 2.09. The summed E-state index contributed by atoms with van der Waals surface area (Å²) in [5, 5.41) is 8.87. The molecule has 21 heavy (non-hydrogen) atoms. The van der Waals surface area contributed by atoms with Crippen LogP contribution in [0, 0.1) is 24.1 Å². The second-order valence-electron chi connectivity index (χ2n) is 5.44. The van der Waals surface area contributed by atoms with Gasteiger partial charge in [0.05, 0.1) is 11.6 Å². The van der Waals surface area contributed by atoms with Crippen LogP contribution in [0.4, 0.5) is 4.39 Å². The summed E-state index contributed by atoms with van der Waals surface area (Å²) in [4.78, 5) is 0. The predicted molar refractivity (Wildman–Crippen MR) is 80.7 cm³/mol. The SMILES string of the molecule is Cc1ccc(C(C)C)c(OCc2cc(F)cc(C#N)c2)c1. The van der Waals surface area contributed by atoms with Crippen molar-refractivity contribution in [3.05, 3.63) is 64.5 Å². The molecule has 0 aliphatic rings. The Kier molecular flexibility index (Phi) is 4.59. The molecule has 0 aliphatic carbocycles. The van der Waals surface area contributed by atoms with Crippen molar-refractivity contribution in [3.63, 3.8) is 0 Å². The van der Waals surface area contributed by atoms with Crippen LogP contribution in [0.2, 0.25) is 0 Å². The number of halogens is 1. The lowest BCUT2D eigenvalue weighted by Crippen LogP contribution is -2.01. The van der Waals surface area contributed by atoms with Crippen LogP contribution in [0.3, 0.4) is 0 Å². The van der Waals surface area contributed by atoms with Gasteiger partial charge in [0.1, 0.15) is 18.2 Å². The van der Waals surface area contributed by atoms with Crippen LogP contribution in [0.1, 0.15) is 42.0 Å². The average molecular weight is 283 g/mol. The van der Waals surface area contributed by atoms with Crippen molar-refractivity contribution in [1.29, 1.82) is 5.26 Å². The summed E-state index contributed by atoms with van der Waals surface area (Å²) in [6.45, 7) is 6.46. The van der Waals surface area contributed by atoms with Gasteiger partial charge in [-0.05, 0) is 53.8 Å². The topological polar surface area (TPSA) is 33.0 Å². The van der Waals surface area contributed by atoms with Crippen molar-refractivity contribution < 1.29 is 9.13 Å². The molecule has 2 nitrogen and oxygen atoms in total. The van der Waals surface area contributed by atoms with Crippen LogP contribution in [0.15, 0.2) is 36.4 Å². The zero-order chi connectivity index (χ0) is 15.4. The average Bonchev–Trinajstić information content (AvgIpc) is 2.44. The van der Waals surface area contributed by atoms with Gasteiger partial charge in [-0.25, -0.2) is 4.39 Å². The highest BCUT2D eigenvalue weighted by Crippen LogP contribution is 2.28. The van der Waals surface area contributed by atoms with Gasteiger partial charge in [0.2, 0.25) is 0 Å². The molecule has 0 saturated heterocycles. The molecule has 0 aromatic heterocycles. The zero-order valence-corrected chi connectivity index (χ0v) is 12.5. The van der Waals surface area contributed by atoms with Crippen LogP contribution >= 0.6 is 0 Å². The summed E-state index contributed by atoms with van der Waals surface area (Å²) in [6, 6.07) is 12.3. The summed E-state index contributed by atoms with van der Waals surface area (Å²) < 4.78 is 19.2. The lowest BCUT2D eigenvalue weighted by molar-refractivity contribution is 0.301. The van der Waals surface area contributed by atoms with Gasteiger partial charge in [-0.15, -0.1) is 0 Å². The van der Waals surface area contributed by atoms with Gasteiger partial charge in [0.15, 0.2) is 0 Å². The number of nitrogens with zero attached hydrogens (tertiary/aromatic N) is 1. The fourth-order valence-electron chi connectivity index (χ4n) is 2.20. The normalized spacial score (nSPS) is 10.5. The van der Waals surface area contributed by atoms with E-state index >= 15 is 0 Å². The van der Waals surface area contributed by atoms with Crippen molar-refractivity contribution in [1.82, 2.24) is 0 Å². The molecule has 2 rings (SSSR count). The fraction of sp³-hybridized carbons (Fsp3) is 0.278. The first kappa shape index (κ1) is 15.1. The predicted octanol–water partition coefficient (Wildman–Crippen LogP) is 4.71. The Morgan fingerprint density at radius 3 is 2.62 bits per heavy atom. The van der Waals surface area contributed by atoms with Crippen molar-refractivity contribution in [2.45, 2.75) is 33.3 Å². The summed E-state index contributed by atoms with van der Waals surface area (Å²) in [6.07, 6.45) is 0. The molecule has 0 amide bonds. The first-order valence-electron chi connectivity index (χ1n) is 6.92. The quantitative estimate of drug-likeness (QED) is 0.814. The maximum Gasteiger partial charge on any atom is 0.124 e. The number of nitriles is 1. The number of aryl methyl sites for hydroxylation is 1. The minimum absolute atomic E-state index is 0.246. The Labute approximate surface area is 124 Å². The van der Waals surface area contributed by atoms with Crippen molar-refractivity contribution in [2.75, 3.05) is 0 Å². The zero-order valence-electron chi connectivity index (χ0n) is 12.5. The van der Waals surface area contributed by atoms with E-state index in [4.69, 9.17) is 10.00 Å². The molecule has 0 bridgehead atoms. The van der Waals surface area contributed by atoms with Crippen LogP contribution < -0.4 is 4.74 Å². The molecule has 0 atom stereocenters. The van der Waals surface area contributed by atoms with Gasteiger partial charge in [0, 0.05) is 0 Å². The summed E-state index contributed by atoms with van der Waals surface area (Å²) in [5.41, 5.74) is 3.20. The molecule has 2 aromatic carbocycles. The summed E-state index contributed by atoms with van der Waals surface area (Å²) in [5.74, 6) is 0.747. The number of rotatable bonds is 4. The Bertz CT molecular complexity index is 686. The van der Waals surface area contributed by atoms with Gasteiger partial charge in [-0.1, -0.05) is 26.0 Å². The fourth-order valence-corrected chi connectivity index (χ4v) is 2.20. The molecular formula is C18H18FNO. The monoisotopic (exact) mass is 283 g/mol. The van der Waals surface area contributed by atoms with E-state index in [-0.39, 0.29) is 6.61 Å². The molecular weight excluding hydrogens is 265 g/mol. The lowest BCUT2D eigenvalue weighted by Gasteiger charge is -2.15. The number of hydrogen-bond acceptors (Lipinski definition) is 2. The first-order valence-corrected chi connectivity index (χ1v) is 6.92. The minimum Gasteiger partial charge on any atom is -0.489 e. The molecule has 108 valence electrons. The third-order valence-corrected chi connectivity index (χ3v) is 3.27. The molecule has 0 spiro atoms. The van der Waals surface area contributed by atoms with Crippen molar-refractivity contribution >= 4 is 0 Å². The molecule has 0 heterocycles. The highest BCUT2D eigenvalue weighted by molar-refractivity contribution is 5.39. The van der Waals surface area contributed by atoms with Gasteiger partial charge >= 0.3 is 0 Å². The Balaban J connectivity index is 2.22. The van der Waals surface area contributed by atoms with Crippen LogP contribution in [-0.2, 0) is 6.61 Å². The second kappa shape index (κ2) is 6.41. The largest absolute Gasteiger partial charge is 0.489 e. The molecule has 0 saturated carbocycles. The molecule has 0 radical (unpaired) electrons. The van der Waals surface area contributed by atoms with E-state index in [1.54, 1.807) is 6.07 Å². The van der Waals surface area contributed by atoms with E-state index in [0.717, 1.165) is 16.9 Å². The van der Waals surface area contributed by atoms with Gasteiger partial charge in [-0.3, -0.25) is 0 Å². The third-order valence-electron chi connectivity index (χ3n) is 3.27. The van der Waals surface area contributed by atoms with E-state index in [9.17, 15) is 4.39 Å². The first-order chi connectivity index (χ1) is 9.99. The number of ether oxygens (including phenoxy) is 1. The van der Waals surface area contributed by atoms with E-state index in [1.807, 2.05) is 19.1 Å². The summed E-state index contributed by atoms with van der Waals surface area (Å²) >= 11 is 0. The van der Waals surface area contributed by atoms with Crippen LogP contribution in [0.5, 0.6) is 5.75 Å². The van der Waals surface area contributed by atoms with E-state index < -0.39 is 5.82 Å².